The van der Waals surface area contributed by atoms with Crippen LogP contribution in [0, 0.1) is 0 Å². The quantitative estimate of drug-likeness (QED) is 0.237. The molecule has 1 aliphatic rings. The molecule has 9 heteroatoms. The molecule has 1 aliphatic heterocycles. The minimum Gasteiger partial charge on any atom is -0.497 e. The van der Waals surface area contributed by atoms with Crippen molar-refractivity contribution in [2.75, 3.05) is 39.7 Å². The molecule has 0 bridgehead atoms. The largest absolute Gasteiger partial charge is 0.497 e. The fourth-order valence-electron chi connectivity index (χ4n) is 4.23. The lowest BCUT2D eigenvalue weighted by Crippen LogP contribution is -2.50. The van der Waals surface area contributed by atoms with Gasteiger partial charge < -0.3 is 29.8 Å². The van der Waals surface area contributed by atoms with Gasteiger partial charge in [0.25, 0.3) is 0 Å². The van der Waals surface area contributed by atoms with Crippen LogP contribution in [-0.4, -0.2) is 67.7 Å². The van der Waals surface area contributed by atoms with Crippen molar-refractivity contribution in [3.05, 3.63) is 48.5 Å². The summed E-state index contributed by atoms with van der Waals surface area (Å²) in [4.78, 5) is 20.8. The summed E-state index contributed by atoms with van der Waals surface area (Å²) >= 11 is 1.67. The number of hydrogen-bond donors (Lipinski definition) is 3. The molecule has 8 nitrogen and oxygen atoms in total. The second-order valence-corrected chi connectivity index (χ2v) is 10.1. The van der Waals surface area contributed by atoms with Crippen molar-refractivity contribution < 1.29 is 19.0 Å². The minimum absolute atomic E-state index is 0.00513. The fraction of sp³-hybridized carbons (Fsp3) is 0.429. The van der Waals surface area contributed by atoms with Crippen molar-refractivity contribution in [2.24, 2.45) is 0 Å². The van der Waals surface area contributed by atoms with Crippen molar-refractivity contribution in [3.63, 3.8) is 0 Å². The second-order valence-electron chi connectivity index (χ2n) is 9.00. The molecule has 2 atom stereocenters. The van der Waals surface area contributed by atoms with Crippen LogP contribution >= 0.6 is 11.8 Å². The van der Waals surface area contributed by atoms with E-state index in [1.807, 2.05) is 55.5 Å². The number of hydrogen-bond acceptors (Lipinski definition) is 7. The highest BCUT2D eigenvalue weighted by atomic mass is 32.2. The lowest BCUT2D eigenvalue weighted by molar-refractivity contribution is -0.123. The summed E-state index contributed by atoms with van der Waals surface area (Å²) < 4.78 is 16.4. The van der Waals surface area contributed by atoms with Gasteiger partial charge in [0.1, 0.15) is 11.5 Å². The number of carbonyl (C=O) groups excluding carboxylic acids is 1. The molecule has 2 heterocycles. The molecule has 4 rings (SSSR count). The molecule has 1 fully saturated rings. The van der Waals surface area contributed by atoms with Gasteiger partial charge >= 0.3 is 0 Å². The number of morpholine rings is 1. The lowest BCUT2D eigenvalue weighted by Gasteiger charge is -2.29. The smallest absolute Gasteiger partial charge is 0.220 e. The normalized spacial score (nSPS) is 16.2. The van der Waals surface area contributed by atoms with E-state index in [-0.39, 0.29) is 18.1 Å². The van der Waals surface area contributed by atoms with Crippen LogP contribution in [0.2, 0.25) is 0 Å². The molecular weight excluding hydrogens is 488 g/mol. The van der Waals surface area contributed by atoms with Gasteiger partial charge in [-0.1, -0.05) is 11.8 Å². The number of nitrogens with zero attached hydrogens (tertiary/aromatic N) is 1. The molecule has 0 radical (unpaired) electrons. The monoisotopic (exact) mass is 524 g/mol. The Hall–Kier alpha value is -3.01. The number of thioether (sulfide) groups is 1. The van der Waals surface area contributed by atoms with Gasteiger partial charge in [0, 0.05) is 36.4 Å². The van der Waals surface area contributed by atoms with Gasteiger partial charge in [-0.05, 0) is 68.3 Å². The minimum atomic E-state index is 0.00513. The fourth-order valence-corrected chi connectivity index (χ4v) is 5.10. The highest BCUT2D eigenvalue weighted by Gasteiger charge is 2.22. The number of unbranched alkanes of at least 4 members (excludes halogenated alkanes) is 1. The number of carbonyl (C=O) groups is 1. The lowest BCUT2D eigenvalue weighted by atomic mass is 10.0. The summed E-state index contributed by atoms with van der Waals surface area (Å²) in [5.74, 6) is 2.57. The Balaban J connectivity index is 1.33. The Morgan fingerprint density at radius 1 is 1.08 bits per heavy atom. The van der Waals surface area contributed by atoms with E-state index in [0.717, 1.165) is 70.9 Å². The first-order valence-corrected chi connectivity index (χ1v) is 13.7. The molecule has 37 heavy (non-hydrogen) atoms. The maximum Gasteiger partial charge on any atom is 0.220 e. The van der Waals surface area contributed by atoms with E-state index in [4.69, 9.17) is 19.2 Å². The van der Waals surface area contributed by atoms with Gasteiger partial charge in [-0.15, -0.1) is 0 Å². The predicted octanol–water partition coefficient (Wildman–Crippen LogP) is 4.52. The number of aromatic nitrogens is 2. The van der Waals surface area contributed by atoms with Crippen LogP contribution in [0.1, 0.15) is 26.2 Å². The van der Waals surface area contributed by atoms with Crippen LogP contribution in [0.25, 0.3) is 22.5 Å². The third-order valence-electron chi connectivity index (χ3n) is 6.36. The van der Waals surface area contributed by atoms with Crippen molar-refractivity contribution in [3.8, 4) is 34.0 Å². The third kappa shape index (κ3) is 7.50. The Labute approximate surface area is 222 Å². The summed E-state index contributed by atoms with van der Waals surface area (Å²) in [7, 11) is 3.32. The standard InChI is InChI=1S/C28H36N4O4S/c1-19(24-18-29-15-16-36-24)30-25(33)6-4-5-17-37-28-31-26(20-7-11-22(34-2)12-8-20)27(32-28)21-9-13-23(35-3)14-10-21/h7-14,19,24,29H,4-6,15-18H2,1-3H3,(H,30,33)(H,31,32). The summed E-state index contributed by atoms with van der Waals surface area (Å²) in [6, 6.07) is 15.9. The maximum atomic E-state index is 12.4. The Morgan fingerprint density at radius 2 is 1.76 bits per heavy atom. The molecule has 0 spiro atoms. The highest BCUT2D eigenvalue weighted by Crippen LogP contribution is 2.34. The van der Waals surface area contributed by atoms with Gasteiger partial charge in [0.05, 0.1) is 44.4 Å². The molecule has 1 amide bonds. The van der Waals surface area contributed by atoms with Crippen molar-refractivity contribution in [1.29, 1.82) is 0 Å². The first-order chi connectivity index (χ1) is 18.1. The SMILES string of the molecule is COc1ccc(-c2nc(SCCCCC(=O)NC(C)C3CNCCO3)[nH]c2-c2ccc(OC)cc2)cc1. The first-order valence-electron chi connectivity index (χ1n) is 12.7. The number of H-pyrrole nitrogens is 1. The third-order valence-corrected chi connectivity index (χ3v) is 7.32. The Morgan fingerprint density at radius 3 is 2.38 bits per heavy atom. The number of nitrogens with one attached hydrogen (secondary N) is 3. The Bertz CT molecular complexity index is 1060. The number of methoxy groups -OCH3 is 2. The number of rotatable bonds is 12. The second kappa shape index (κ2) is 13.5. The topological polar surface area (TPSA) is 97.5 Å². The van der Waals surface area contributed by atoms with Crippen LogP contribution in [0.5, 0.6) is 11.5 Å². The average Bonchev–Trinajstić information content (AvgIpc) is 3.37. The number of imidazole rings is 1. The molecule has 1 saturated heterocycles. The number of benzene rings is 2. The summed E-state index contributed by atoms with van der Waals surface area (Å²) in [5, 5.41) is 7.23. The Kier molecular flexibility index (Phi) is 9.87. The van der Waals surface area contributed by atoms with Crippen LogP contribution in [0.3, 0.4) is 0 Å². The van der Waals surface area contributed by atoms with E-state index in [1.54, 1.807) is 26.0 Å². The molecule has 3 N–H and O–H groups in total. The zero-order valence-corrected chi connectivity index (χ0v) is 22.5. The molecule has 198 valence electrons. The summed E-state index contributed by atoms with van der Waals surface area (Å²) in [6.07, 6.45) is 2.29. The predicted molar refractivity (Wildman–Crippen MR) is 147 cm³/mol. The van der Waals surface area contributed by atoms with Gasteiger partial charge in [0.2, 0.25) is 5.91 Å². The zero-order valence-electron chi connectivity index (χ0n) is 21.7. The van der Waals surface area contributed by atoms with Gasteiger partial charge in [-0.2, -0.15) is 0 Å². The molecule has 0 aliphatic carbocycles. The summed E-state index contributed by atoms with van der Waals surface area (Å²) in [6.45, 7) is 4.34. The number of ether oxygens (including phenoxy) is 3. The molecular formula is C28H36N4O4S. The molecule has 2 aromatic carbocycles. The average molecular weight is 525 g/mol. The number of amides is 1. The van der Waals surface area contributed by atoms with Crippen molar-refractivity contribution >= 4 is 17.7 Å². The number of aromatic amines is 1. The van der Waals surface area contributed by atoms with E-state index < -0.39 is 0 Å². The van der Waals surface area contributed by atoms with Gasteiger partial charge in [-0.3, -0.25) is 4.79 Å². The van der Waals surface area contributed by atoms with E-state index in [0.29, 0.717) is 13.0 Å². The van der Waals surface area contributed by atoms with E-state index in [1.165, 1.54) is 0 Å². The zero-order chi connectivity index (χ0) is 26.0. The van der Waals surface area contributed by atoms with E-state index in [2.05, 4.69) is 15.6 Å². The van der Waals surface area contributed by atoms with E-state index >= 15 is 0 Å². The van der Waals surface area contributed by atoms with Crippen LogP contribution in [0.15, 0.2) is 53.7 Å². The molecule has 3 aromatic rings. The first kappa shape index (κ1) is 27.0. The van der Waals surface area contributed by atoms with Crippen LogP contribution in [0.4, 0.5) is 0 Å². The summed E-state index contributed by atoms with van der Waals surface area (Å²) in [5.41, 5.74) is 3.90. The van der Waals surface area contributed by atoms with Crippen molar-refractivity contribution in [2.45, 2.75) is 43.5 Å². The highest BCUT2D eigenvalue weighted by molar-refractivity contribution is 7.99. The molecule has 1 aromatic heterocycles. The molecule has 2 unspecified atom stereocenters. The van der Waals surface area contributed by atoms with Gasteiger partial charge in [-0.25, -0.2) is 4.98 Å². The van der Waals surface area contributed by atoms with E-state index in [9.17, 15) is 4.79 Å². The van der Waals surface area contributed by atoms with Crippen molar-refractivity contribution in [1.82, 2.24) is 20.6 Å². The molecule has 0 saturated carbocycles. The van der Waals surface area contributed by atoms with Crippen LogP contribution in [-0.2, 0) is 9.53 Å². The maximum absolute atomic E-state index is 12.4. The van der Waals surface area contributed by atoms with Gasteiger partial charge in [0.15, 0.2) is 5.16 Å². The van der Waals surface area contributed by atoms with Crippen LogP contribution < -0.4 is 20.1 Å².